The molecule has 3 rings (SSSR count). The number of benzene rings is 2. The Kier molecular flexibility index (Phi) is 5.88. The number of esters is 1. The number of methoxy groups -OCH3 is 1. The number of rotatable bonds is 6. The number of hydrogen-bond acceptors (Lipinski definition) is 6. The van der Waals surface area contributed by atoms with Crippen LogP contribution in [0, 0.1) is 10.1 Å². The second-order valence-electron chi connectivity index (χ2n) is 6.42. The van der Waals surface area contributed by atoms with Gasteiger partial charge in [0.2, 0.25) is 0 Å². The van der Waals surface area contributed by atoms with Crippen molar-refractivity contribution in [2.24, 2.45) is 0 Å². The fourth-order valence-electron chi connectivity index (χ4n) is 3.03. The highest BCUT2D eigenvalue weighted by Gasteiger charge is 2.20. The van der Waals surface area contributed by atoms with E-state index in [-0.39, 0.29) is 29.5 Å². The van der Waals surface area contributed by atoms with Gasteiger partial charge in [-0.3, -0.25) is 14.9 Å². The zero-order valence-electron chi connectivity index (χ0n) is 15.4. The summed E-state index contributed by atoms with van der Waals surface area (Å²) in [5.74, 6) is -0.624. The number of likely N-dealkylation sites (tertiary alicyclic amines) is 1. The van der Waals surface area contributed by atoms with Crippen molar-refractivity contribution in [2.75, 3.05) is 20.2 Å². The molecule has 1 aliphatic rings. The van der Waals surface area contributed by atoms with Crippen LogP contribution in [0.4, 0.5) is 5.69 Å². The van der Waals surface area contributed by atoms with E-state index in [0.717, 1.165) is 31.5 Å². The van der Waals surface area contributed by atoms with Crippen molar-refractivity contribution < 1.29 is 24.0 Å². The molecule has 0 N–H and O–H groups in total. The van der Waals surface area contributed by atoms with Gasteiger partial charge in [0.15, 0.2) is 5.75 Å². The molecule has 2 aromatic carbocycles. The molecular weight excluding hydrogens is 364 g/mol. The highest BCUT2D eigenvalue weighted by molar-refractivity contribution is 5.94. The minimum Gasteiger partial charge on any atom is -0.482 e. The Morgan fingerprint density at radius 3 is 2.32 bits per heavy atom. The first kappa shape index (κ1) is 19.3. The molecule has 0 unspecified atom stereocenters. The maximum atomic E-state index is 12.4. The molecule has 1 aliphatic heterocycles. The number of nitro groups is 1. The molecule has 0 aromatic heterocycles. The fraction of sp³-hybridized carbons (Fsp3) is 0.300. The molecule has 8 heteroatoms. The maximum Gasteiger partial charge on any atom is 0.337 e. The predicted molar refractivity (Wildman–Crippen MR) is 100 cm³/mol. The van der Waals surface area contributed by atoms with Gasteiger partial charge in [0, 0.05) is 30.8 Å². The summed E-state index contributed by atoms with van der Waals surface area (Å²) in [6.45, 7) is 1.62. The van der Waals surface area contributed by atoms with E-state index in [1.54, 1.807) is 24.3 Å². The summed E-state index contributed by atoms with van der Waals surface area (Å²) in [4.78, 5) is 36.5. The van der Waals surface area contributed by atoms with Gasteiger partial charge in [0.25, 0.3) is 5.91 Å². The van der Waals surface area contributed by atoms with Crippen molar-refractivity contribution in [1.29, 1.82) is 0 Å². The van der Waals surface area contributed by atoms with Crippen LogP contribution in [-0.2, 0) is 11.3 Å². The summed E-state index contributed by atoms with van der Waals surface area (Å²) in [6, 6.07) is 10.8. The molecule has 1 amide bonds. The van der Waals surface area contributed by atoms with Gasteiger partial charge in [-0.2, -0.15) is 0 Å². The molecular formula is C20H20N2O6. The molecule has 0 bridgehead atoms. The summed E-state index contributed by atoms with van der Waals surface area (Å²) >= 11 is 0. The Morgan fingerprint density at radius 2 is 1.71 bits per heavy atom. The number of hydrogen-bond donors (Lipinski definition) is 0. The van der Waals surface area contributed by atoms with Crippen LogP contribution < -0.4 is 4.74 Å². The lowest BCUT2D eigenvalue weighted by atomic mass is 10.1. The Balaban J connectivity index is 1.71. The molecule has 0 atom stereocenters. The predicted octanol–water partition coefficient (Wildman–Crippen LogP) is 3.20. The second kappa shape index (κ2) is 8.51. The molecule has 0 radical (unpaired) electrons. The molecule has 0 aliphatic carbocycles. The van der Waals surface area contributed by atoms with E-state index in [4.69, 9.17) is 4.74 Å². The SMILES string of the molecule is COC(=O)c1ccc([N+](=O)[O-])c(OCc2ccc(C(=O)N3CCCC3)cc2)c1. The van der Waals surface area contributed by atoms with Crippen LogP contribution in [0.25, 0.3) is 0 Å². The van der Waals surface area contributed by atoms with E-state index in [1.807, 2.05) is 4.90 Å². The average molecular weight is 384 g/mol. The number of nitrogens with zero attached hydrogens (tertiary/aromatic N) is 2. The third-order valence-electron chi connectivity index (χ3n) is 4.57. The second-order valence-corrected chi connectivity index (χ2v) is 6.42. The highest BCUT2D eigenvalue weighted by Crippen LogP contribution is 2.29. The summed E-state index contributed by atoms with van der Waals surface area (Å²) in [7, 11) is 1.23. The lowest BCUT2D eigenvalue weighted by molar-refractivity contribution is -0.385. The number of nitro benzene ring substituents is 1. The first-order valence-electron chi connectivity index (χ1n) is 8.87. The summed E-state index contributed by atoms with van der Waals surface area (Å²) < 4.78 is 10.2. The highest BCUT2D eigenvalue weighted by atomic mass is 16.6. The van der Waals surface area contributed by atoms with Crippen molar-refractivity contribution in [3.8, 4) is 5.75 Å². The minimum atomic E-state index is -0.607. The van der Waals surface area contributed by atoms with Crippen LogP contribution in [0.2, 0.25) is 0 Å². The number of carbonyl (C=O) groups is 2. The molecule has 1 saturated heterocycles. The monoisotopic (exact) mass is 384 g/mol. The average Bonchev–Trinajstić information content (AvgIpc) is 3.26. The van der Waals surface area contributed by atoms with E-state index in [0.29, 0.717) is 5.56 Å². The zero-order valence-corrected chi connectivity index (χ0v) is 15.4. The molecule has 1 fully saturated rings. The Hall–Kier alpha value is -3.42. The molecule has 0 spiro atoms. The molecule has 28 heavy (non-hydrogen) atoms. The van der Waals surface area contributed by atoms with E-state index < -0.39 is 10.9 Å². The Morgan fingerprint density at radius 1 is 1.07 bits per heavy atom. The number of ether oxygens (including phenoxy) is 2. The summed E-state index contributed by atoms with van der Waals surface area (Å²) in [6.07, 6.45) is 2.06. The topological polar surface area (TPSA) is 99.0 Å². The quantitative estimate of drug-likeness (QED) is 0.431. The van der Waals surface area contributed by atoms with Gasteiger partial charge in [-0.15, -0.1) is 0 Å². The Bertz CT molecular complexity index is 888. The van der Waals surface area contributed by atoms with E-state index in [1.165, 1.54) is 25.3 Å². The molecule has 2 aromatic rings. The summed E-state index contributed by atoms with van der Waals surface area (Å²) in [5, 5.41) is 11.2. The normalized spacial score (nSPS) is 13.2. The van der Waals surface area contributed by atoms with Crippen LogP contribution in [-0.4, -0.2) is 41.9 Å². The van der Waals surface area contributed by atoms with E-state index in [9.17, 15) is 19.7 Å². The first-order valence-corrected chi connectivity index (χ1v) is 8.87. The van der Waals surface area contributed by atoms with Gasteiger partial charge >= 0.3 is 11.7 Å². The Labute approximate surface area is 161 Å². The molecule has 1 heterocycles. The lowest BCUT2D eigenvalue weighted by Gasteiger charge is -2.15. The van der Waals surface area contributed by atoms with Crippen LogP contribution in [0.3, 0.4) is 0 Å². The van der Waals surface area contributed by atoms with Crippen LogP contribution in [0.15, 0.2) is 42.5 Å². The van der Waals surface area contributed by atoms with Crippen LogP contribution in [0.5, 0.6) is 5.75 Å². The smallest absolute Gasteiger partial charge is 0.337 e. The van der Waals surface area contributed by atoms with Crippen molar-refractivity contribution in [3.05, 3.63) is 69.3 Å². The van der Waals surface area contributed by atoms with Gasteiger partial charge in [0.05, 0.1) is 17.6 Å². The van der Waals surface area contributed by atoms with Gasteiger partial charge in [-0.05, 0) is 36.6 Å². The molecule has 146 valence electrons. The number of carbonyl (C=O) groups excluding carboxylic acids is 2. The fourth-order valence-corrected chi connectivity index (χ4v) is 3.03. The maximum absolute atomic E-state index is 12.4. The van der Waals surface area contributed by atoms with Gasteiger partial charge < -0.3 is 14.4 Å². The van der Waals surface area contributed by atoms with Gasteiger partial charge in [-0.1, -0.05) is 12.1 Å². The minimum absolute atomic E-state index is 0.00591. The van der Waals surface area contributed by atoms with Crippen LogP contribution in [0.1, 0.15) is 39.1 Å². The lowest BCUT2D eigenvalue weighted by Crippen LogP contribution is -2.27. The molecule has 8 nitrogen and oxygen atoms in total. The molecule has 0 saturated carbocycles. The van der Waals surface area contributed by atoms with Crippen LogP contribution >= 0.6 is 0 Å². The van der Waals surface area contributed by atoms with E-state index in [2.05, 4.69) is 4.74 Å². The number of amides is 1. The van der Waals surface area contributed by atoms with E-state index >= 15 is 0 Å². The zero-order chi connectivity index (χ0) is 20.1. The van der Waals surface area contributed by atoms with Crippen molar-refractivity contribution in [3.63, 3.8) is 0 Å². The van der Waals surface area contributed by atoms with Crippen molar-refractivity contribution in [2.45, 2.75) is 19.4 Å². The third kappa shape index (κ3) is 4.28. The largest absolute Gasteiger partial charge is 0.482 e. The van der Waals surface area contributed by atoms with Gasteiger partial charge in [-0.25, -0.2) is 4.79 Å². The third-order valence-corrected chi connectivity index (χ3v) is 4.57. The summed E-state index contributed by atoms with van der Waals surface area (Å²) in [5.41, 5.74) is 1.27. The van der Waals surface area contributed by atoms with Crippen molar-refractivity contribution >= 4 is 17.6 Å². The standard InChI is InChI=1S/C20H20N2O6/c1-27-20(24)16-8-9-17(22(25)26)18(12-16)28-13-14-4-6-15(7-5-14)19(23)21-10-2-3-11-21/h4-9,12H,2-3,10-11,13H2,1H3. The van der Waals surface area contributed by atoms with Gasteiger partial charge in [0.1, 0.15) is 6.61 Å². The first-order chi connectivity index (χ1) is 13.5. The van der Waals surface area contributed by atoms with Crippen molar-refractivity contribution in [1.82, 2.24) is 4.90 Å².